The van der Waals surface area contributed by atoms with Crippen molar-refractivity contribution in [3.05, 3.63) is 48.5 Å². The second kappa shape index (κ2) is 10.6. The Kier molecular flexibility index (Phi) is 8.08. The fourth-order valence-corrected chi connectivity index (χ4v) is 5.82. The van der Waals surface area contributed by atoms with Crippen molar-refractivity contribution in [2.45, 2.75) is 16.7 Å². The van der Waals surface area contributed by atoms with E-state index in [0.29, 0.717) is 19.8 Å². The Balaban J connectivity index is 1.81. The lowest BCUT2D eigenvalue weighted by molar-refractivity contribution is -0.116. The molecule has 1 heterocycles. The molecule has 0 aromatic heterocycles. The van der Waals surface area contributed by atoms with Gasteiger partial charge >= 0.3 is 0 Å². The van der Waals surface area contributed by atoms with Crippen LogP contribution in [0.5, 0.6) is 5.75 Å². The first-order chi connectivity index (χ1) is 15.7. The number of carbonyl (C=O) groups excluding carboxylic acids is 1. The monoisotopic (exact) mass is 497 g/mol. The summed E-state index contributed by atoms with van der Waals surface area (Å²) < 4.78 is 64.3. The number of likely N-dealkylation sites (N-methyl/N-ethyl adjacent to an activating group) is 1. The molecule has 0 bridgehead atoms. The van der Waals surface area contributed by atoms with E-state index >= 15 is 0 Å². The molecule has 0 atom stereocenters. The van der Waals surface area contributed by atoms with Crippen molar-refractivity contribution in [1.29, 1.82) is 0 Å². The molecular formula is C21H27N3O7S2. The van der Waals surface area contributed by atoms with Crippen LogP contribution in [0.4, 0.5) is 5.69 Å². The second-order valence-corrected chi connectivity index (χ2v) is 11.2. The Labute approximate surface area is 194 Å². The molecule has 0 radical (unpaired) electrons. The minimum Gasteiger partial charge on any atom is -0.492 e. The lowest BCUT2D eigenvalue weighted by Gasteiger charge is -2.26. The fraction of sp³-hybridized carbons (Fsp3) is 0.381. The topological polar surface area (TPSA) is 122 Å². The molecule has 0 spiro atoms. The van der Waals surface area contributed by atoms with Crippen molar-refractivity contribution in [3.8, 4) is 5.75 Å². The van der Waals surface area contributed by atoms with E-state index in [9.17, 15) is 21.6 Å². The van der Waals surface area contributed by atoms with Crippen LogP contribution in [0.3, 0.4) is 0 Å². The van der Waals surface area contributed by atoms with Crippen LogP contribution in [0.2, 0.25) is 0 Å². The summed E-state index contributed by atoms with van der Waals surface area (Å²) in [4.78, 5) is 12.7. The maximum atomic E-state index is 13.0. The first-order valence-corrected chi connectivity index (χ1v) is 13.2. The molecule has 0 aliphatic carbocycles. The SMILES string of the molecule is CCOc1ccc(S(=O)(=O)N2CCOCC2)cc1NC(=O)CN(C)S(=O)(=O)c1ccccc1. The quantitative estimate of drug-likeness (QED) is 0.555. The number of nitrogens with one attached hydrogen (secondary N) is 1. The molecule has 1 aliphatic heterocycles. The predicted octanol–water partition coefficient (Wildman–Crippen LogP) is 1.37. The van der Waals surface area contributed by atoms with Gasteiger partial charge < -0.3 is 14.8 Å². The predicted molar refractivity (Wildman–Crippen MR) is 122 cm³/mol. The lowest BCUT2D eigenvalue weighted by atomic mass is 10.3. The number of morpholine rings is 1. The van der Waals surface area contributed by atoms with Gasteiger partial charge in [-0.05, 0) is 37.3 Å². The molecule has 2 aromatic rings. The molecule has 33 heavy (non-hydrogen) atoms. The van der Waals surface area contributed by atoms with Crippen molar-refractivity contribution < 1.29 is 31.1 Å². The minimum absolute atomic E-state index is 0.00610. The van der Waals surface area contributed by atoms with Gasteiger partial charge in [-0.2, -0.15) is 8.61 Å². The van der Waals surface area contributed by atoms with E-state index in [2.05, 4.69) is 5.32 Å². The van der Waals surface area contributed by atoms with Crippen LogP contribution < -0.4 is 10.1 Å². The normalized spacial score (nSPS) is 15.4. The highest BCUT2D eigenvalue weighted by atomic mass is 32.2. The number of benzene rings is 2. The molecule has 3 rings (SSSR count). The van der Waals surface area contributed by atoms with Gasteiger partial charge in [-0.15, -0.1) is 0 Å². The van der Waals surface area contributed by atoms with Crippen molar-refractivity contribution in [3.63, 3.8) is 0 Å². The zero-order valence-corrected chi connectivity index (χ0v) is 20.1. The molecule has 12 heteroatoms. The number of sulfonamides is 2. The average Bonchev–Trinajstić information content (AvgIpc) is 2.81. The van der Waals surface area contributed by atoms with E-state index in [1.54, 1.807) is 25.1 Å². The van der Waals surface area contributed by atoms with Gasteiger partial charge in [0.25, 0.3) is 0 Å². The molecule has 0 saturated carbocycles. The van der Waals surface area contributed by atoms with Gasteiger partial charge in [0, 0.05) is 20.1 Å². The molecular weight excluding hydrogens is 470 g/mol. The van der Waals surface area contributed by atoms with E-state index in [1.165, 1.54) is 41.7 Å². The number of hydrogen-bond donors (Lipinski definition) is 1. The van der Waals surface area contributed by atoms with Crippen LogP contribution in [0.1, 0.15) is 6.92 Å². The van der Waals surface area contributed by atoms with Crippen molar-refractivity contribution in [1.82, 2.24) is 8.61 Å². The minimum atomic E-state index is -3.87. The van der Waals surface area contributed by atoms with E-state index in [0.717, 1.165) is 4.31 Å². The van der Waals surface area contributed by atoms with Crippen LogP contribution >= 0.6 is 0 Å². The maximum Gasteiger partial charge on any atom is 0.243 e. The Morgan fingerprint density at radius 1 is 1.06 bits per heavy atom. The third kappa shape index (κ3) is 5.89. The number of carbonyl (C=O) groups is 1. The summed E-state index contributed by atoms with van der Waals surface area (Å²) >= 11 is 0. The first kappa shape index (κ1) is 25.1. The highest BCUT2D eigenvalue weighted by molar-refractivity contribution is 7.89. The molecule has 1 aliphatic rings. The van der Waals surface area contributed by atoms with Crippen LogP contribution in [0.25, 0.3) is 0 Å². The number of hydrogen-bond acceptors (Lipinski definition) is 7. The number of anilines is 1. The van der Waals surface area contributed by atoms with Gasteiger partial charge in [0.1, 0.15) is 5.75 Å². The van der Waals surface area contributed by atoms with Gasteiger partial charge in [0.2, 0.25) is 26.0 Å². The summed E-state index contributed by atoms with van der Waals surface area (Å²) in [6.07, 6.45) is 0. The summed E-state index contributed by atoms with van der Waals surface area (Å²) in [5.41, 5.74) is 0.140. The van der Waals surface area contributed by atoms with E-state index < -0.39 is 32.5 Å². The summed E-state index contributed by atoms with van der Waals surface area (Å²) in [6, 6.07) is 12.0. The van der Waals surface area contributed by atoms with Gasteiger partial charge in [-0.3, -0.25) is 4.79 Å². The van der Waals surface area contributed by atoms with Crippen molar-refractivity contribution in [2.24, 2.45) is 0 Å². The third-order valence-electron chi connectivity index (χ3n) is 4.95. The van der Waals surface area contributed by atoms with E-state index in [-0.39, 0.29) is 34.3 Å². The zero-order chi connectivity index (χ0) is 24.1. The van der Waals surface area contributed by atoms with Crippen LogP contribution in [-0.2, 0) is 29.6 Å². The highest BCUT2D eigenvalue weighted by Gasteiger charge is 2.28. The van der Waals surface area contributed by atoms with Gasteiger partial charge in [0.15, 0.2) is 0 Å². The second-order valence-electron chi connectivity index (χ2n) is 7.23. The van der Waals surface area contributed by atoms with Crippen LogP contribution in [0.15, 0.2) is 58.3 Å². The van der Waals surface area contributed by atoms with E-state index in [4.69, 9.17) is 9.47 Å². The largest absolute Gasteiger partial charge is 0.492 e. The Morgan fingerprint density at radius 3 is 2.36 bits per heavy atom. The summed E-state index contributed by atoms with van der Waals surface area (Å²) in [6.45, 7) is 2.66. The summed E-state index contributed by atoms with van der Waals surface area (Å²) in [5.74, 6) is -0.362. The van der Waals surface area contributed by atoms with Crippen LogP contribution in [0, 0.1) is 0 Å². The van der Waals surface area contributed by atoms with Crippen molar-refractivity contribution in [2.75, 3.05) is 51.8 Å². The standard InChI is InChI=1S/C21H27N3O7S2/c1-3-31-20-10-9-18(33(28,29)24-11-13-30-14-12-24)15-19(20)22-21(25)16-23(2)32(26,27)17-7-5-4-6-8-17/h4-10,15H,3,11-14,16H2,1-2H3,(H,22,25). The Morgan fingerprint density at radius 2 is 1.73 bits per heavy atom. The van der Waals surface area contributed by atoms with Crippen LogP contribution in [-0.4, -0.2) is 77.9 Å². The molecule has 1 N–H and O–H groups in total. The molecule has 1 fully saturated rings. The summed E-state index contributed by atoms with van der Waals surface area (Å²) in [5, 5.41) is 2.59. The first-order valence-electron chi connectivity index (χ1n) is 10.3. The average molecular weight is 498 g/mol. The number of amides is 1. The lowest BCUT2D eigenvalue weighted by Crippen LogP contribution is -2.40. The molecule has 0 unspecified atom stereocenters. The number of ether oxygens (including phenoxy) is 2. The highest BCUT2D eigenvalue weighted by Crippen LogP contribution is 2.29. The smallest absolute Gasteiger partial charge is 0.243 e. The van der Waals surface area contributed by atoms with Crippen molar-refractivity contribution >= 4 is 31.6 Å². The Bertz CT molecular complexity index is 1180. The zero-order valence-electron chi connectivity index (χ0n) is 18.4. The number of nitrogens with zero attached hydrogens (tertiary/aromatic N) is 2. The number of rotatable bonds is 9. The molecule has 2 aromatic carbocycles. The molecule has 180 valence electrons. The fourth-order valence-electron chi connectivity index (χ4n) is 3.23. The maximum absolute atomic E-state index is 13.0. The third-order valence-corrected chi connectivity index (χ3v) is 8.66. The molecule has 1 saturated heterocycles. The molecule has 10 nitrogen and oxygen atoms in total. The summed E-state index contributed by atoms with van der Waals surface area (Å²) in [7, 11) is -6.36. The van der Waals surface area contributed by atoms with Gasteiger partial charge in [-0.1, -0.05) is 18.2 Å². The van der Waals surface area contributed by atoms with Gasteiger partial charge in [-0.25, -0.2) is 16.8 Å². The van der Waals surface area contributed by atoms with E-state index in [1.807, 2.05) is 0 Å². The van der Waals surface area contributed by atoms with Gasteiger partial charge in [0.05, 0.1) is 41.8 Å². The molecule has 1 amide bonds. The Hall–Kier alpha value is -2.51.